The lowest BCUT2D eigenvalue weighted by atomic mass is 9.79. The van der Waals surface area contributed by atoms with Gasteiger partial charge in [0.2, 0.25) is 0 Å². The van der Waals surface area contributed by atoms with E-state index >= 15 is 0 Å². The van der Waals surface area contributed by atoms with Crippen LogP contribution in [-0.4, -0.2) is 37.7 Å². The zero-order valence-electron chi connectivity index (χ0n) is 11.9. The summed E-state index contributed by atoms with van der Waals surface area (Å²) in [5, 5.41) is 3.55. The van der Waals surface area contributed by atoms with Gasteiger partial charge in [0, 0.05) is 31.6 Å². The van der Waals surface area contributed by atoms with Gasteiger partial charge in [0.05, 0.1) is 0 Å². The monoisotopic (exact) mass is 296 g/mol. The fourth-order valence-electron chi connectivity index (χ4n) is 3.23. The largest absolute Gasteiger partial charge is 0.414 e. The number of benzene rings is 1. The molecule has 1 aromatic rings. The number of aryl methyl sites for hydroxylation is 1. The second-order valence-corrected chi connectivity index (χ2v) is 5.59. The lowest BCUT2D eigenvalue weighted by Crippen LogP contribution is -2.31. The minimum absolute atomic E-state index is 0. The quantitative estimate of drug-likeness (QED) is 0.866. The molecule has 1 aliphatic heterocycles. The molecule has 0 radical (unpaired) electrons. The lowest BCUT2D eigenvalue weighted by Gasteiger charge is -2.29. The van der Waals surface area contributed by atoms with E-state index in [1.165, 1.54) is 22.4 Å². The fraction of sp³-hybridized carbons (Fsp3) is 0.533. The molecule has 1 aliphatic carbocycles. The fourth-order valence-corrected chi connectivity index (χ4v) is 3.23. The van der Waals surface area contributed by atoms with Crippen LogP contribution in [-0.2, 0) is 6.42 Å². The standard InChI is InChI=1S/C15H20N2O2.ClH/c1-17(2)15(18)19-13-5-3-4-10-6-7-12-11(14(10)13)8-9-16-12;/h3-5,11-12,16H,6-9H2,1-2H3;1H/t11-,12-;/m1./s1. The molecule has 3 rings (SSSR count). The van der Waals surface area contributed by atoms with Gasteiger partial charge in [-0.2, -0.15) is 0 Å². The summed E-state index contributed by atoms with van der Waals surface area (Å²) in [5.74, 6) is 1.24. The third-order valence-electron chi connectivity index (χ3n) is 4.16. The predicted octanol–water partition coefficient (Wildman–Crippen LogP) is 2.56. The van der Waals surface area contributed by atoms with E-state index in [1.807, 2.05) is 12.1 Å². The number of ether oxygens (including phenoxy) is 1. The van der Waals surface area contributed by atoms with Crippen LogP contribution in [0, 0.1) is 0 Å². The van der Waals surface area contributed by atoms with E-state index in [2.05, 4.69) is 11.4 Å². The Balaban J connectivity index is 0.00000147. The number of carbonyl (C=O) groups excluding carboxylic acids is 1. The molecule has 20 heavy (non-hydrogen) atoms. The van der Waals surface area contributed by atoms with E-state index < -0.39 is 0 Å². The molecule has 1 fully saturated rings. The maximum atomic E-state index is 11.8. The van der Waals surface area contributed by atoms with Crippen LogP contribution < -0.4 is 10.1 Å². The maximum Gasteiger partial charge on any atom is 0.414 e. The first-order chi connectivity index (χ1) is 9.16. The number of halogens is 1. The highest BCUT2D eigenvalue weighted by Gasteiger charge is 2.35. The van der Waals surface area contributed by atoms with E-state index in [4.69, 9.17) is 4.74 Å². The number of amides is 1. The normalized spacial score (nSPS) is 23.3. The molecule has 4 nitrogen and oxygen atoms in total. The first-order valence-corrected chi connectivity index (χ1v) is 6.91. The molecule has 0 saturated carbocycles. The van der Waals surface area contributed by atoms with Crippen LogP contribution in [0.25, 0.3) is 0 Å². The number of nitrogens with zero attached hydrogens (tertiary/aromatic N) is 1. The first-order valence-electron chi connectivity index (χ1n) is 6.91. The van der Waals surface area contributed by atoms with Crippen molar-refractivity contribution in [1.29, 1.82) is 0 Å². The zero-order valence-corrected chi connectivity index (χ0v) is 12.7. The average Bonchev–Trinajstić information content (AvgIpc) is 2.86. The van der Waals surface area contributed by atoms with Crippen molar-refractivity contribution in [3.05, 3.63) is 29.3 Å². The molecule has 0 spiro atoms. The summed E-state index contributed by atoms with van der Waals surface area (Å²) in [7, 11) is 3.41. The van der Waals surface area contributed by atoms with Crippen molar-refractivity contribution in [1.82, 2.24) is 10.2 Å². The Bertz CT molecular complexity index is 505. The third kappa shape index (κ3) is 2.63. The molecule has 5 heteroatoms. The molecule has 1 saturated heterocycles. The molecule has 1 N–H and O–H groups in total. The number of fused-ring (bicyclic) bond motifs is 3. The van der Waals surface area contributed by atoms with Gasteiger partial charge in [-0.1, -0.05) is 12.1 Å². The molecular weight excluding hydrogens is 276 g/mol. The Labute approximate surface area is 125 Å². The van der Waals surface area contributed by atoms with Crippen LogP contribution in [0.4, 0.5) is 4.79 Å². The van der Waals surface area contributed by atoms with Gasteiger partial charge in [0.15, 0.2) is 0 Å². The van der Waals surface area contributed by atoms with Gasteiger partial charge in [0.25, 0.3) is 0 Å². The number of carbonyl (C=O) groups is 1. The lowest BCUT2D eigenvalue weighted by molar-refractivity contribution is 0.171. The zero-order chi connectivity index (χ0) is 13.4. The molecule has 1 aromatic carbocycles. The summed E-state index contributed by atoms with van der Waals surface area (Å²) in [5.41, 5.74) is 2.59. The molecule has 1 amide bonds. The number of rotatable bonds is 1. The third-order valence-corrected chi connectivity index (χ3v) is 4.16. The highest BCUT2D eigenvalue weighted by Crippen LogP contribution is 2.42. The second-order valence-electron chi connectivity index (χ2n) is 5.59. The van der Waals surface area contributed by atoms with Crippen molar-refractivity contribution in [3.63, 3.8) is 0 Å². The van der Waals surface area contributed by atoms with Crippen molar-refractivity contribution in [3.8, 4) is 5.75 Å². The van der Waals surface area contributed by atoms with Gasteiger partial charge < -0.3 is 15.0 Å². The van der Waals surface area contributed by atoms with Gasteiger partial charge in [-0.05, 0) is 37.4 Å². The van der Waals surface area contributed by atoms with Gasteiger partial charge in [0.1, 0.15) is 5.75 Å². The Kier molecular flexibility index (Phi) is 4.55. The molecule has 110 valence electrons. The van der Waals surface area contributed by atoms with Gasteiger partial charge in [-0.25, -0.2) is 4.79 Å². The Morgan fingerprint density at radius 3 is 2.90 bits per heavy atom. The van der Waals surface area contributed by atoms with Crippen molar-refractivity contribution in [2.24, 2.45) is 0 Å². The van der Waals surface area contributed by atoms with Gasteiger partial charge in [-0.15, -0.1) is 12.4 Å². The predicted molar refractivity (Wildman–Crippen MR) is 80.9 cm³/mol. The Morgan fingerprint density at radius 1 is 1.35 bits per heavy atom. The Hall–Kier alpha value is -1.26. The first kappa shape index (κ1) is 15.1. The smallest absolute Gasteiger partial charge is 0.410 e. The summed E-state index contributed by atoms with van der Waals surface area (Å²) in [4.78, 5) is 13.2. The Morgan fingerprint density at radius 2 is 2.15 bits per heavy atom. The summed E-state index contributed by atoms with van der Waals surface area (Å²) in [6.07, 6.45) is 3.08. The van der Waals surface area contributed by atoms with E-state index in [9.17, 15) is 4.79 Å². The van der Waals surface area contributed by atoms with E-state index in [1.54, 1.807) is 14.1 Å². The molecule has 0 aromatic heterocycles. The number of hydrogen-bond donors (Lipinski definition) is 1. The summed E-state index contributed by atoms with van der Waals surface area (Å²) in [6, 6.07) is 6.61. The van der Waals surface area contributed by atoms with Gasteiger partial charge in [-0.3, -0.25) is 0 Å². The van der Waals surface area contributed by atoms with Crippen molar-refractivity contribution >= 4 is 18.5 Å². The van der Waals surface area contributed by atoms with Crippen LogP contribution >= 0.6 is 12.4 Å². The summed E-state index contributed by atoms with van der Waals surface area (Å²) < 4.78 is 5.54. The average molecular weight is 297 g/mol. The molecule has 1 heterocycles. The maximum absolute atomic E-state index is 11.8. The summed E-state index contributed by atoms with van der Waals surface area (Å²) in [6.45, 7) is 1.06. The molecule has 0 unspecified atom stereocenters. The van der Waals surface area contributed by atoms with Crippen LogP contribution in [0.2, 0.25) is 0 Å². The van der Waals surface area contributed by atoms with E-state index in [-0.39, 0.29) is 18.5 Å². The van der Waals surface area contributed by atoms with E-state index in [0.29, 0.717) is 12.0 Å². The van der Waals surface area contributed by atoms with Crippen LogP contribution in [0.1, 0.15) is 29.9 Å². The summed E-state index contributed by atoms with van der Waals surface area (Å²) >= 11 is 0. The number of hydrogen-bond acceptors (Lipinski definition) is 3. The number of nitrogens with one attached hydrogen (secondary N) is 1. The minimum Gasteiger partial charge on any atom is -0.410 e. The van der Waals surface area contributed by atoms with Crippen molar-refractivity contribution in [2.75, 3.05) is 20.6 Å². The second kappa shape index (κ2) is 6.02. The van der Waals surface area contributed by atoms with Crippen LogP contribution in [0.5, 0.6) is 5.75 Å². The van der Waals surface area contributed by atoms with Crippen LogP contribution in [0.15, 0.2) is 18.2 Å². The van der Waals surface area contributed by atoms with E-state index in [0.717, 1.165) is 25.1 Å². The topological polar surface area (TPSA) is 41.6 Å². The molecule has 0 bridgehead atoms. The highest BCUT2D eigenvalue weighted by atomic mass is 35.5. The SMILES string of the molecule is CN(C)C(=O)Oc1cccc2c1[C@@H]1CCN[C@@H]1CC2.Cl. The molecule has 2 atom stereocenters. The minimum atomic E-state index is -0.304. The van der Waals surface area contributed by atoms with Crippen molar-refractivity contribution < 1.29 is 9.53 Å². The molecule has 2 aliphatic rings. The van der Waals surface area contributed by atoms with Gasteiger partial charge >= 0.3 is 6.09 Å². The highest BCUT2D eigenvalue weighted by molar-refractivity contribution is 5.85. The van der Waals surface area contributed by atoms with Crippen LogP contribution in [0.3, 0.4) is 0 Å². The molecular formula is C15H21ClN2O2. The van der Waals surface area contributed by atoms with Crippen molar-refractivity contribution in [2.45, 2.75) is 31.2 Å².